The molecule has 0 spiro atoms. The minimum absolute atomic E-state index is 0.152. The third-order valence-corrected chi connectivity index (χ3v) is 4.48. The van der Waals surface area contributed by atoms with E-state index in [1.165, 1.54) is 0 Å². The lowest BCUT2D eigenvalue weighted by atomic mass is 9.90. The highest BCUT2D eigenvalue weighted by molar-refractivity contribution is 5.77. The van der Waals surface area contributed by atoms with E-state index in [1.807, 2.05) is 49.5 Å². The molecule has 0 N–H and O–H groups in total. The fraction of sp³-hybridized carbons (Fsp3) is 0.350. The summed E-state index contributed by atoms with van der Waals surface area (Å²) in [7, 11) is 3.50. The number of amides is 1. The molecule has 0 fully saturated rings. The number of para-hydroxylation sites is 1. The number of fused-ring (bicyclic) bond motifs is 1. The molecule has 0 radical (unpaired) electrons. The second-order valence-corrected chi connectivity index (χ2v) is 6.18. The van der Waals surface area contributed by atoms with Gasteiger partial charge in [0.05, 0.1) is 13.7 Å². The summed E-state index contributed by atoms with van der Waals surface area (Å²) in [6.07, 6.45) is 1.40. The van der Waals surface area contributed by atoms with E-state index in [0.717, 1.165) is 29.0 Å². The van der Waals surface area contributed by atoms with Crippen LogP contribution in [-0.4, -0.2) is 31.6 Å². The van der Waals surface area contributed by atoms with Crippen LogP contribution in [0.25, 0.3) is 0 Å². The molecule has 1 atom stereocenters. The van der Waals surface area contributed by atoms with Crippen LogP contribution in [0.4, 0.5) is 0 Å². The molecule has 1 amide bonds. The van der Waals surface area contributed by atoms with Crippen molar-refractivity contribution >= 4 is 5.91 Å². The number of nitrogens with zero attached hydrogens (tertiary/aromatic N) is 1. The van der Waals surface area contributed by atoms with Crippen molar-refractivity contribution in [2.24, 2.45) is 0 Å². The SMILES string of the molecule is COc1cccc(CN(C)C(=O)C[C@H]2CCOc3ccccc32)c1. The van der Waals surface area contributed by atoms with Gasteiger partial charge in [-0.05, 0) is 41.7 Å². The fourth-order valence-corrected chi connectivity index (χ4v) is 3.13. The first kappa shape index (κ1) is 16.4. The molecule has 4 nitrogen and oxygen atoms in total. The van der Waals surface area contributed by atoms with Crippen molar-refractivity contribution < 1.29 is 14.3 Å². The molecule has 2 aromatic carbocycles. The number of hydrogen-bond acceptors (Lipinski definition) is 3. The van der Waals surface area contributed by atoms with Crippen LogP contribution >= 0.6 is 0 Å². The van der Waals surface area contributed by atoms with Crippen molar-refractivity contribution in [3.8, 4) is 11.5 Å². The highest BCUT2D eigenvalue weighted by Gasteiger charge is 2.24. The predicted octanol–water partition coefficient (Wildman–Crippen LogP) is 3.61. The molecule has 0 aromatic heterocycles. The first-order valence-electron chi connectivity index (χ1n) is 8.26. The lowest BCUT2D eigenvalue weighted by Gasteiger charge is -2.27. The summed E-state index contributed by atoms with van der Waals surface area (Å²) in [5, 5.41) is 0. The predicted molar refractivity (Wildman–Crippen MR) is 93.4 cm³/mol. The number of rotatable bonds is 5. The van der Waals surface area contributed by atoms with E-state index < -0.39 is 0 Å². The quantitative estimate of drug-likeness (QED) is 0.843. The van der Waals surface area contributed by atoms with Crippen molar-refractivity contribution in [1.29, 1.82) is 0 Å². The summed E-state index contributed by atoms with van der Waals surface area (Å²) < 4.78 is 10.9. The van der Waals surface area contributed by atoms with Crippen LogP contribution in [-0.2, 0) is 11.3 Å². The smallest absolute Gasteiger partial charge is 0.223 e. The molecule has 0 aliphatic carbocycles. The maximum atomic E-state index is 12.6. The number of methoxy groups -OCH3 is 1. The minimum Gasteiger partial charge on any atom is -0.497 e. The summed E-state index contributed by atoms with van der Waals surface area (Å²) in [6.45, 7) is 1.26. The maximum absolute atomic E-state index is 12.6. The van der Waals surface area contributed by atoms with Crippen molar-refractivity contribution in [1.82, 2.24) is 4.90 Å². The Bertz CT molecular complexity index is 714. The van der Waals surface area contributed by atoms with Gasteiger partial charge in [-0.3, -0.25) is 4.79 Å². The van der Waals surface area contributed by atoms with Gasteiger partial charge >= 0.3 is 0 Å². The molecule has 4 heteroatoms. The van der Waals surface area contributed by atoms with Gasteiger partial charge in [0.15, 0.2) is 0 Å². The van der Waals surface area contributed by atoms with Crippen molar-refractivity contribution in [3.63, 3.8) is 0 Å². The Morgan fingerprint density at radius 2 is 2.08 bits per heavy atom. The van der Waals surface area contributed by atoms with E-state index in [9.17, 15) is 4.79 Å². The zero-order valence-electron chi connectivity index (χ0n) is 14.2. The molecular weight excluding hydrogens is 302 g/mol. The van der Waals surface area contributed by atoms with E-state index in [4.69, 9.17) is 9.47 Å². The second kappa shape index (κ2) is 7.39. The van der Waals surface area contributed by atoms with Gasteiger partial charge in [0, 0.05) is 20.0 Å². The summed E-state index contributed by atoms with van der Waals surface area (Å²) in [5.74, 6) is 2.11. The van der Waals surface area contributed by atoms with Gasteiger partial charge in [0.1, 0.15) is 11.5 Å². The van der Waals surface area contributed by atoms with Crippen LogP contribution < -0.4 is 9.47 Å². The fourth-order valence-electron chi connectivity index (χ4n) is 3.13. The van der Waals surface area contributed by atoms with Gasteiger partial charge in [0.25, 0.3) is 0 Å². The van der Waals surface area contributed by atoms with Gasteiger partial charge in [-0.25, -0.2) is 0 Å². The zero-order chi connectivity index (χ0) is 16.9. The van der Waals surface area contributed by atoms with E-state index in [1.54, 1.807) is 12.0 Å². The molecule has 126 valence electrons. The summed E-state index contributed by atoms with van der Waals surface area (Å²) in [5.41, 5.74) is 2.21. The topological polar surface area (TPSA) is 38.8 Å². The van der Waals surface area contributed by atoms with E-state index in [0.29, 0.717) is 19.6 Å². The van der Waals surface area contributed by atoms with Gasteiger partial charge in [-0.1, -0.05) is 30.3 Å². The highest BCUT2D eigenvalue weighted by Crippen LogP contribution is 2.35. The molecule has 2 aromatic rings. The highest BCUT2D eigenvalue weighted by atomic mass is 16.5. The standard InChI is InChI=1S/C20H23NO3/c1-21(14-15-6-5-7-17(12-15)23-2)20(22)13-16-10-11-24-19-9-4-3-8-18(16)19/h3-9,12,16H,10-11,13-14H2,1-2H3/t16-/m1/s1. The van der Waals surface area contributed by atoms with Crippen LogP contribution in [0.15, 0.2) is 48.5 Å². The molecule has 0 saturated heterocycles. The molecular formula is C20H23NO3. The molecule has 24 heavy (non-hydrogen) atoms. The number of hydrogen-bond donors (Lipinski definition) is 0. The van der Waals surface area contributed by atoms with Gasteiger partial charge in [-0.15, -0.1) is 0 Å². The number of ether oxygens (including phenoxy) is 2. The normalized spacial score (nSPS) is 16.0. The largest absolute Gasteiger partial charge is 0.497 e. The summed E-state index contributed by atoms with van der Waals surface area (Å²) >= 11 is 0. The summed E-state index contributed by atoms with van der Waals surface area (Å²) in [4.78, 5) is 14.4. The summed E-state index contributed by atoms with van der Waals surface area (Å²) in [6, 6.07) is 15.8. The van der Waals surface area contributed by atoms with Gasteiger partial charge < -0.3 is 14.4 Å². The minimum atomic E-state index is 0.152. The number of carbonyl (C=O) groups excluding carboxylic acids is 1. The van der Waals surface area contributed by atoms with Crippen molar-refractivity contribution in [2.75, 3.05) is 20.8 Å². The van der Waals surface area contributed by atoms with Gasteiger partial charge in [-0.2, -0.15) is 0 Å². The Kier molecular flexibility index (Phi) is 5.04. The Morgan fingerprint density at radius 3 is 2.92 bits per heavy atom. The van der Waals surface area contributed by atoms with Crippen molar-refractivity contribution in [2.45, 2.75) is 25.3 Å². The zero-order valence-corrected chi connectivity index (χ0v) is 14.2. The Hall–Kier alpha value is -2.49. The molecule has 0 unspecified atom stereocenters. The van der Waals surface area contributed by atoms with E-state index in [-0.39, 0.29) is 11.8 Å². The number of carbonyl (C=O) groups is 1. The third-order valence-electron chi connectivity index (χ3n) is 4.48. The molecule has 3 rings (SSSR count). The van der Waals surface area contributed by atoms with Crippen LogP contribution in [0.2, 0.25) is 0 Å². The molecule has 0 bridgehead atoms. The average molecular weight is 325 g/mol. The second-order valence-electron chi connectivity index (χ2n) is 6.18. The lowest BCUT2D eigenvalue weighted by Crippen LogP contribution is -2.29. The van der Waals surface area contributed by atoms with Crippen LogP contribution in [0.5, 0.6) is 11.5 Å². The lowest BCUT2D eigenvalue weighted by molar-refractivity contribution is -0.131. The molecule has 1 aliphatic rings. The third kappa shape index (κ3) is 3.70. The van der Waals surface area contributed by atoms with E-state index in [2.05, 4.69) is 6.07 Å². The van der Waals surface area contributed by atoms with Crippen LogP contribution in [0, 0.1) is 0 Å². The van der Waals surface area contributed by atoms with Gasteiger partial charge in [0.2, 0.25) is 5.91 Å². The van der Waals surface area contributed by atoms with E-state index >= 15 is 0 Å². The first-order chi connectivity index (χ1) is 11.7. The first-order valence-corrected chi connectivity index (χ1v) is 8.26. The van der Waals surface area contributed by atoms with Crippen LogP contribution in [0.1, 0.15) is 29.9 Å². The molecule has 1 aliphatic heterocycles. The number of benzene rings is 2. The maximum Gasteiger partial charge on any atom is 0.223 e. The Morgan fingerprint density at radius 1 is 1.25 bits per heavy atom. The van der Waals surface area contributed by atoms with Crippen LogP contribution in [0.3, 0.4) is 0 Å². The van der Waals surface area contributed by atoms with Crippen molar-refractivity contribution in [3.05, 3.63) is 59.7 Å². The Labute approximate surface area is 143 Å². The average Bonchev–Trinajstić information content (AvgIpc) is 2.62. The molecule has 0 saturated carbocycles. The molecule has 1 heterocycles. The Balaban J connectivity index is 1.64. The monoisotopic (exact) mass is 325 g/mol.